The van der Waals surface area contributed by atoms with Gasteiger partial charge in [0.2, 0.25) is 5.88 Å². The normalized spacial score (nSPS) is 16.4. The van der Waals surface area contributed by atoms with Crippen LogP contribution in [0.15, 0.2) is 65.6 Å². The quantitative estimate of drug-likeness (QED) is 0.727. The Morgan fingerprint density at radius 3 is 2.57 bits per heavy atom. The maximum atomic E-state index is 12.9. The minimum atomic E-state index is -0.876. The van der Waals surface area contributed by atoms with E-state index >= 15 is 0 Å². The van der Waals surface area contributed by atoms with Crippen LogP contribution in [0.5, 0.6) is 0 Å². The SMILES string of the molecule is CCOC(=O)C1=C(c2ccccc2)OC(N)=C(C#N)[C@@H]1c1cccc(Cl)c1Cl. The highest BCUT2D eigenvalue weighted by atomic mass is 35.5. The van der Waals surface area contributed by atoms with Gasteiger partial charge < -0.3 is 15.2 Å². The zero-order valence-corrected chi connectivity index (χ0v) is 16.4. The lowest BCUT2D eigenvalue weighted by Gasteiger charge is -2.28. The Morgan fingerprint density at radius 1 is 1.21 bits per heavy atom. The van der Waals surface area contributed by atoms with Crippen LogP contribution in [-0.4, -0.2) is 12.6 Å². The van der Waals surface area contributed by atoms with E-state index < -0.39 is 11.9 Å². The third-order valence-corrected chi connectivity index (χ3v) is 5.08. The summed E-state index contributed by atoms with van der Waals surface area (Å²) in [5.74, 6) is -1.38. The monoisotopic (exact) mass is 414 g/mol. The van der Waals surface area contributed by atoms with Gasteiger partial charge in [-0.25, -0.2) is 4.79 Å². The topological polar surface area (TPSA) is 85.3 Å². The summed E-state index contributed by atoms with van der Waals surface area (Å²) >= 11 is 12.6. The highest BCUT2D eigenvalue weighted by molar-refractivity contribution is 6.42. The Morgan fingerprint density at radius 2 is 1.93 bits per heavy atom. The van der Waals surface area contributed by atoms with Gasteiger partial charge in [0.15, 0.2) is 0 Å². The summed E-state index contributed by atoms with van der Waals surface area (Å²) in [5, 5.41) is 10.2. The van der Waals surface area contributed by atoms with Crippen LogP contribution in [0.3, 0.4) is 0 Å². The van der Waals surface area contributed by atoms with E-state index in [0.29, 0.717) is 16.1 Å². The summed E-state index contributed by atoms with van der Waals surface area (Å²) in [4.78, 5) is 12.9. The molecule has 142 valence electrons. The van der Waals surface area contributed by atoms with Crippen LogP contribution < -0.4 is 5.73 Å². The molecule has 5 nitrogen and oxygen atoms in total. The van der Waals surface area contributed by atoms with Gasteiger partial charge in [0.25, 0.3) is 0 Å². The highest BCUT2D eigenvalue weighted by Gasteiger charge is 2.39. The molecule has 0 fully saturated rings. The van der Waals surface area contributed by atoms with Gasteiger partial charge >= 0.3 is 5.97 Å². The van der Waals surface area contributed by atoms with E-state index in [1.807, 2.05) is 12.1 Å². The van der Waals surface area contributed by atoms with E-state index in [0.717, 1.165) is 0 Å². The van der Waals surface area contributed by atoms with Gasteiger partial charge in [0, 0.05) is 5.56 Å². The Labute approximate surface area is 172 Å². The Bertz CT molecular complexity index is 1020. The number of allylic oxidation sites excluding steroid dienone is 1. The first-order chi connectivity index (χ1) is 13.5. The maximum Gasteiger partial charge on any atom is 0.338 e. The van der Waals surface area contributed by atoms with Gasteiger partial charge in [-0.15, -0.1) is 0 Å². The largest absolute Gasteiger partial charge is 0.463 e. The van der Waals surface area contributed by atoms with Gasteiger partial charge in [-0.3, -0.25) is 0 Å². The van der Waals surface area contributed by atoms with E-state index in [1.54, 1.807) is 49.4 Å². The molecule has 0 saturated heterocycles. The van der Waals surface area contributed by atoms with Crippen LogP contribution in [0.4, 0.5) is 0 Å². The van der Waals surface area contributed by atoms with Gasteiger partial charge in [-0.1, -0.05) is 65.7 Å². The van der Waals surface area contributed by atoms with Crippen LogP contribution in [0.1, 0.15) is 24.0 Å². The molecular formula is C21H16Cl2N2O3. The molecule has 0 aromatic heterocycles. The second-order valence-corrected chi connectivity index (χ2v) is 6.68. The molecule has 2 aromatic rings. The molecule has 0 saturated carbocycles. The lowest BCUT2D eigenvalue weighted by Crippen LogP contribution is -2.26. The Hall–Kier alpha value is -2.94. The number of hydrogen-bond acceptors (Lipinski definition) is 5. The van der Waals surface area contributed by atoms with Crippen molar-refractivity contribution < 1.29 is 14.3 Å². The molecule has 1 heterocycles. The highest BCUT2D eigenvalue weighted by Crippen LogP contribution is 2.45. The molecule has 0 aliphatic carbocycles. The lowest BCUT2D eigenvalue weighted by molar-refractivity contribution is -0.138. The second-order valence-electron chi connectivity index (χ2n) is 5.90. The minimum absolute atomic E-state index is 0.0619. The van der Waals surface area contributed by atoms with Crippen molar-refractivity contribution >= 4 is 34.9 Å². The van der Waals surface area contributed by atoms with Crippen molar-refractivity contribution in [2.45, 2.75) is 12.8 Å². The van der Waals surface area contributed by atoms with Crippen molar-refractivity contribution in [1.82, 2.24) is 0 Å². The maximum absolute atomic E-state index is 12.9. The van der Waals surface area contributed by atoms with Crippen molar-refractivity contribution in [2.24, 2.45) is 5.73 Å². The van der Waals surface area contributed by atoms with Crippen molar-refractivity contribution in [1.29, 1.82) is 5.26 Å². The fourth-order valence-electron chi connectivity index (χ4n) is 3.04. The number of carbonyl (C=O) groups is 1. The average molecular weight is 415 g/mol. The van der Waals surface area contributed by atoms with Crippen molar-refractivity contribution in [3.8, 4) is 6.07 Å². The van der Waals surface area contributed by atoms with Gasteiger partial charge in [0.1, 0.15) is 17.4 Å². The van der Waals surface area contributed by atoms with Crippen LogP contribution in [0, 0.1) is 11.3 Å². The molecule has 7 heteroatoms. The fraction of sp³-hybridized carbons (Fsp3) is 0.143. The summed E-state index contributed by atoms with van der Waals surface area (Å²) in [6.07, 6.45) is 0. The molecule has 0 bridgehead atoms. The number of esters is 1. The number of nitrogens with two attached hydrogens (primary N) is 1. The first-order valence-electron chi connectivity index (χ1n) is 8.47. The molecule has 1 aliphatic rings. The number of nitrogens with zero attached hydrogens (tertiary/aromatic N) is 1. The molecule has 0 radical (unpaired) electrons. The molecule has 0 amide bonds. The molecule has 0 unspecified atom stereocenters. The second kappa shape index (κ2) is 8.39. The van der Waals surface area contributed by atoms with Crippen molar-refractivity contribution in [3.05, 3.63) is 86.7 Å². The van der Waals surface area contributed by atoms with Crippen molar-refractivity contribution in [3.63, 3.8) is 0 Å². The smallest absolute Gasteiger partial charge is 0.338 e. The Kier molecular flexibility index (Phi) is 5.93. The van der Waals surface area contributed by atoms with E-state index in [-0.39, 0.29) is 34.4 Å². The van der Waals surface area contributed by atoms with Crippen LogP contribution in [0.2, 0.25) is 10.0 Å². The van der Waals surface area contributed by atoms with E-state index in [1.165, 1.54) is 0 Å². The number of hydrogen-bond donors (Lipinski definition) is 1. The van der Waals surface area contributed by atoms with Gasteiger partial charge in [-0.05, 0) is 18.6 Å². The number of halogens is 2. The number of nitriles is 1. The minimum Gasteiger partial charge on any atom is -0.463 e. The van der Waals surface area contributed by atoms with Crippen LogP contribution >= 0.6 is 23.2 Å². The van der Waals surface area contributed by atoms with Gasteiger partial charge in [0.05, 0.1) is 28.1 Å². The average Bonchev–Trinajstić information content (AvgIpc) is 2.70. The van der Waals surface area contributed by atoms with E-state index in [4.69, 9.17) is 38.4 Å². The molecule has 2 N–H and O–H groups in total. The fourth-order valence-corrected chi connectivity index (χ4v) is 3.45. The summed E-state index contributed by atoms with van der Waals surface area (Å²) in [5.41, 5.74) is 7.33. The molecular weight excluding hydrogens is 399 g/mol. The first kappa shape index (κ1) is 19.8. The number of benzene rings is 2. The van der Waals surface area contributed by atoms with E-state index in [9.17, 15) is 10.1 Å². The Balaban J connectivity index is 2.33. The predicted molar refractivity (Wildman–Crippen MR) is 107 cm³/mol. The number of rotatable bonds is 4. The number of ether oxygens (including phenoxy) is 2. The first-order valence-corrected chi connectivity index (χ1v) is 9.23. The van der Waals surface area contributed by atoms with Crippen LogP contribution in [0.25, 0.3) is 5.76 Å². The zero-order chi connectivity index (χ0) is 20.3. The summed E-state index contributed by atoms with van der Waals surface area (Å²) < 4.78 is 11.0. The van der Waals surface area contributed by atoms with E-state index in [2.05, 4.69) is 0 Å². The van der Waals surface area contributed by atoms with Crippen molar-refractivity contribution in [2.75, 3.05) is 6.61 Å². The molecule has 1 aliphatic heterocycles. The summed E-state index contributed by atoms with van der Waals surface area (Å²) in [7, 11) is 0. The third-order valence-electron chi connectivity index (χ3n) is 4.24. The summed E-state index contributed by atoms with van der Waals surface area (Å²) in [6.45, 7) is 1.85. The standard InChI is InChI=1S/C21H16Cl2N2O3/c1-2-27-21(26)17-16(13-9-6-10-15(22)18(13)23)14(11-24)20(25)28-19(17)12-7-4-3-5-8-12/h3-10,16H,2,25H2,1H3/t16-/m0/s1. The molecule has 28 heavy (non-hydrogen) atoms. The van der Waals surface area contributed by atoms with Crippen LogP contribution in [-0.2, 0) is 14.3 Å². The molecule has 3 rings (SSSR count). The molecule has 0 spiro atoms. The lowest BCUT2D eigenvalue weighted by atomic mass is 9.82. The van der Waals surface area contributed by atoms with Gasteiger partial charge in [-0.2, -0.15) is 5.26 Å². The molecule has 1 atom stereocenters. The molecule has 2 aromatic carbocycles. The third kappa shape index (κ3) is 3.57. The predicted octanol–water partition coefficient (Wildman–Crippen LogP) is 4.78. The number of carbonyl (C=O) groups excluding carboxylic acids is 1. The zero-order valence-electron chi connectivity index (χ0n) is 14.9. The summed E-state index contributed by atoms with van der Waals surface area (Å²) in [6, 6.07) is 16.0.